The summed E-state index contributed by atoms with van der Waals surface area (Å²) in [5, 5.41) is 1.97. The topological polar surface area (TPSA) is 64.3 Å². The molecule has 0 bridgehead atoms. The zero-order valence-electron chi connectivity index (χ0n) is 8.93. The van der Waals surface area contributed by atoms with Gasteiger partial charge < -0.3 is 15.8 Å². The minimum absolute atomic E-state index is 0.0702. The van der Waals surface area contributed by atoms with Crippen LogP contribution >= 0.6 is 0 Å². The third-order valence-corrected chi connectivity index (χ3v) is 2.62. The fraction of sp³-hybridized carbons (Fsp3) is 0.889. The summed E-state index contributed by atoms with van der Waals surface area (Å²) < 4.78 is 42.2. The average molecular weight is 240 g/mol. The van der Waals surface area contributed by atoms with Gasteiger partial charge in [-0.2, -0.15) is 13.2 Å². The molecule has 0 aromatic carbocycles. The summed E-state index contributed by atoms with van der Waals surface area (Å²) in [5.41, 5.74) is 3.39. The smallest absolute Gasteiger partial charge is 0.385 e. The Bertz CT molecular complexity index is 264. The molecule has 1 fully saturated rings. The lowest BCUT2D eigenvalue weighted by molar-refractivity contribution is -0.170. The highest BCUT2D eigenvalue weighted by Crippen LogP contribution is 2.48. The number of rotatable bonds is 5. The Hall–Kier alpha value is -0.820. The first-order chi connectivity index (χ1) is 7.32. The normalized spacial score (nSPS) is 20.3. The van der Waals surface area contributed by atoms with E-state index in [9.17, 15) is 18.0 Å². The number of halogens is 3. The molecule has 0 aromatic heterocycles. The molecular weight excluding hydrogens is 225 g/mol. The van der Waals surface area contributed by atoms with E-state index in [1.807, 2.05) is 5.32 Å². The van der Waals surface area contributed by atoms with Crippen LogP contribution in [0.2, 0.25) is 0 Å². The first kappa shape index (κ1) is 13.2. The summed E-state index contributed by atoms with van der Waals surface area (Å²) in [4.78, 5) is 11.4. The van der Waals surface area contributed by atoms with Gasteiger partial charge in [-0.15, -0.1) is 0 Å². The van der Waals surface area contributed by atoms with Gasteiger partial charge in [0.05, 0.1) is 6.04 Å². The lowest BCUT2D eigenvalue weighted by Gasteiger charge is -2.22. The molecule has 0 spiro atoms. The monoisotopic (exact) mass is 240 g/mol. The van der Waals surface area contributed by atoms with Crippen molar-refractivity contribution in [2.24, 2.45) is 5.73 Å². The number of nitrogens with two attached hydrogens (primary N) is 1. The van der Waals surface area contributed by atoms with E-state index in [2.05, 4.69) is 0 Å². The van der Waals surface area contributed by atoms with Crippen molar-refractivity contribution in [3.8, 4) is 0 Å². The van der Waals surface area contributed by atoms with Gasteiger partial charge >= 0.3 is 6.18 Å². The van der Waals surface area contributed by atoms with Crippen LogP contribution in [0.1, 0.15) is 19.3 Å². The number of nitrogens with one attached hydrogen (secondary N) is 1. The number of carbonyl (C=O) groups is 1. The number of alkyl halides is 3. The van der Waals surface area contributed by atoms with Crippen LogP contribution in [0, 0.1) is 0 Å². The zero-order chi connectivity index (χ0) is 12.4. The fourth-order valence-electron chi connectivity index (χ4n) is 1.31. The van der Waals surface area contributed by atoms with Crippen LogP contribution in [0.4, 0.5) is 13.2 Å². The molecule has 1 amide bonds. The van der Waals surface area contributed by atoms with Crippen LogP contribution in [-0.2, 0) is 9.53 Å². The summed E-state index contributed by atoms with van der Waals surface area (Å²) in [7, 11) is 1.43. The Balaban J connectivity index is 2.46. The third kappa shape index (κ3) is 2.85. The molecule has 4 nitrogen and oxygen atoms in total. The van der Waals surface area contributed by atoms with Crippen molar-refractivity contribution in [1.82, 2.24) is 5.32 Å². The molecule has 0 aromatic rings. The van der Waals surface area contributed by atoms with Crippen LogP contribution in [0.15, 0.2) is 0 Å². The molecule has 1 saturated carbocycles. The van der Waals surface area contributed by atoms with E-state index in [0.717, 1.165) is 0 Å². The second kappa shape index (κ2) is 4.58. The number of methoxy groups -OCH3 is 1. The molecule has 0 saturated heterocycles. The molecule has 3 N–H and O–H groups in total. The van der Waals surface area contributed by atoms with Gasteiger partial charge in [-0.3, -0.25) is 4.79 Å². The Labute approximate surface area is 91.3 Å². The standard InChI is InChI=1S/C9H15F3N2O2/c1-16-5-2-6(13)7(15)14-8(3-4-8)9(10,11)12/h6H,2-5,13H2,1H3,(H,14,15). The van der Waals surface area contributed by atoms with Gasteiger partial charge in [0.15, 0.2) is 0 Å². The van der Waals surface area contributed by atoms with E-state index < -0.39 is 23.7 Å². The van der Waals surface area contributed by atoms with Crippen molar-refractivity contribution in [3.63, 3.8) is 0 Å². The lowest BCUT2D eigenvalue weighted by atomic mass is 10.2. The molecule has 0 heterocycles. The van der Waals surface area contributed by atoms with E-state index in [0.29, 0.717) is 0 Å². The van der Waals surface area contributed by atoms with E-state index in [1.54, 1.807) is 0 Å². The highest BCUT2D eigenvalue weighted by Gasteiger charge is 2.64. The summed E-state index contributed by atoms with van der Waals surface area (Å²) >= 11 is 0. The Kier molecular flexibility index (Phi) is 3.80. The van der Waals surface area contributed by atoms with Crippen molar-refractivity contribution in [2.75, 3.05) is 13.7 Å². The Morgan fingerprint density at radius 2 is 2.12 bits per heavy atom. The van der Waals surface area contributed by atoms with E-state index in [-0.39, 0.29) is 25.9 Å². The highest BCUT2D eigenvalue weighted by atomic mass is 19.4. The van der Waals surface area contributed by atoms with Gasteiger partial charge in [0.1, 0.15) is 5.54 Å². The van der Waals surface area contributed by atoms with Crippen LogP contribution < -0.4 is 11.1 Å². The van der Waals surface area contributed by atoms with Gasteiger partial charge in [-0.05, 0) is 19.3 Å². The molecule has 0 aliphatic heterocycles. The highest BCUT2D eigenvalue weighted by molar-refractivity contribution is 5.82. The summed E-state index contributed by atoms with van der Waals surface area (Å²) in [5.74, 6) is -0.771. The summed E-state index contributed by atoms with van der Waals surface area (Å²) in [6, 6.07) is -0.959. The van der Waals surface area contributed by atoms with Crippen LogP contribution in [0.5, 0.6) is 0 Å². The predicted octanol–water partition coefficient (Wildman–Crippen LogP) is 0.561. The van der Waals surface area contributed by atoms with Crippen LogP contribution in [0.3, 0.4) is 0 Å². The second-order valence-electron chi connectivity index (χ2n) is 3.96. The quantitative estimate of drug-likeness (QED) is 0.738. The molecule has 1 atom stereocenters. The Morgan fingerprint density at radius 1 is 1.56 bits per heavy atom. The first-order valence-corrected chi connectivity index (χ1v) is 4.96. The molecule has 1 rings (SSSR count). The molecular formula is C9H15F3N2O2. The maximum atomic E-state index is 12.5. The number of carbonyl (C=O) groups excluding carboxylic acids is 1. The average Bonchev–Trinajstić information content (AvgIpc) is 2.94. The lowest BCUT2D eigenvalue weighted by Crippen LogP contribution is -2.53. The van der Waals surface area contributed by atoms with Gasteiger partial charge in [0, 0.05) is 13.7 Å². The van der Waals surface area contributed by atoms with Crippen LogP contribution in [-0.4, -0.2) is 37.4 Å². The van der Waals surface area contributed by atoms with Crippen molar-refractivity contribution in [1.29, 1.82) is 0 Å². The largest absolute Gasteiger partial charge is 0.411 e. The van der Waals surface area contributed by atoms with Gasteiger partial charge in [-0.25, -0.2) is 0 Å². The molecule has 7 heteroatoms. The predicted molar refractivity (Wildman–Crippen MR) is 50.6 cm³/mol. The minimum Gasteiger partial charge on any atom is -0.385 e. The Morgan fingerprint density at radius 3 is 2.50 bits per heavy atom. The SMILES string of the molecule is COCCC(N)C(=O)NC1(C(F)(F)F)CC1. The number of hydrogen-bond donors (Lipinski definition) is 2. The summed E-state index contributed by atoms with van der Waals surface area (Å²) in [6.07, 6.45) is -4.33. The van der Waals surface area contributed by atoms with Crippen molar-refractivity contribution in [2.45, 2.75) is 37.0 Å². The third-order valence-electron chi connectivity index (χ3n) is 2.62. The zero-order valence-corrected chi connectivity index (χ0v) is 8.93. The molecule has 94 valence electrons. The molecule has 1 aliphatic carbocycles. The van der Waals surface area contributed by atoms with Crippen LogP contribution in [0.25, 0.3) is 0 Å². The molecule has 0 radical (unpaired) electrons. The molecule has 1 aliphatic rings. The first-order valence-electron chi connectivity index (χ1n) is 4.96. The van der Waals surface area contributed by atoms with E-state index >= 15 is 0 Å². The number of amides is 1. The fourth-order valence-corrected chi connectivity index (χ4v) is 1.31. The van der Waals surface area contributed by atoms with Crippen molar-refractivity contribution < 1.29 is 22.7 Å². The number of ether oxygens (including phenoxy) is 1. The van der Waals surface area contributed by atoms with Crippen molar-refractivity contribution in [3.05, 3.63) is 0 Å². The molecule has 1 unspecified atom stereocenters. The number of hydrogen-bond acceptors (Lipinski definition) is 3. The van der Waals surface area contributed by atoms with Gasteiger partial charge in [0.25, 0.3) is 0 Å². The second-order valence-corrected chi connectivity index (χ2v) is 3.96. The minimum atomic E-state index is -4.40. The summed E-state index contributed by atoms with van der Waals surface area (Å²) in [6.45, 7) is 0.244. The van der Waals surface area contributed by atoms with E-state index in [4.69, 9.17) is 10.5 Å². The van der Waals surface area contributed by atoms with E-state index in [1.165, 1.54) is 7.11 Å². The maximum absolute atomic E-state index is 12.5. The van der Waals surface area contributed by atoms with Crippen molar-refractivity contribution >= 4 is 5.91 Å². The maximum Gasteiger partial charge on any atom is 0.411 e. The molecule has 16 heavy (non-hydrogen) atoms. The van der Waals surface area contributed by atoms with Gasteiger partial charge in [0.2, 0.25) is 5.91 Å². The van der Waals surface area contributed by atoms with Gasteiger partial charge in [-0.1, -0.05) is 0 Å².